The summed E-state index contributed by atoms with van der Waals surface area (Å²) in [6, 6.07) is 0. The maximum Gasteiger partial charge on any atom is 0.0614 e. The van der Waals surface area contributed by atoms with Gasteiger partial charge in [0.05, 0.1) is 12.2 Å². The monoisotopic (exact) mass is 402 g/mol. The van der Waals surface area contributed by atoms with Crippen LogP contribution in [0.25, 0.3) is 0 Å². The van der Waals surface area contributed by atoms with Crippen molar-refractivity contribution in [1.29, 1.82) is 0 Å². The minimum absolute atomic E-state index is 0.133. The Morgan fingerprint density at radius 3 is 2.48 bits per heavy atom. The van der Waals surface area contributed by atoms with E-state index in [0.29, 0.717) is 11.3 Å². The Morgan fingerprint density at radius 1 is 1.00 bits per heavy atom. The number of fused-ring (bicyclic) bond motifs is 4. The zero-order valence-corrected chi connectivity index (χ0v) is 19.7. The SMILES string of the molecule is CC(C)CCC[C@@H](C)[C@H]1CC[C@H]2C3=C(CC[C@]12C)[C@@]1(C)CC[C@H](O)C[C@@H]1[C@@H](O)C3. The van der Waals surface area contributed by atoms with Crippen molar-refractivity contribution in [2.45, 2.75) is 117 Å². The Hall–Kier alpha value is -0.340. The zero-order chi connectivity index (χ0) is 21.0. The van der Waals surface area contributed by atoms with Crippen molar-refractivity contribution in [2.75, 3.05) is 0 Å². The van der Waals surface area contributed by atoms with Crippen LogP contribution in [0.1, 0.15) is 105 Å². The molecule has 0 spiro atoms. The highest BCUT2D eigenvalue weighted by Crippen LogP contribution is 2.66. The Labute approximate surface area is 179 Å². The van der Waals surface area contributed by atoms with Gasteiger partial charge in [-0.05, 0) is 91.8 Å². The van der Waals surface area contributed by atoms with Crippen molar-refractivity contribution in [3.63, 3.8) is 0 Å². The van der Waals surface area contributed by atoms with Gasteiger partial charge in [0.2, 0.25) is 0 Å². The normalized spacial score (nSPS) is 45.7. The molecule has 0 bridgehead atoms. The molecule has 2 fully saturated rings. The van der Waals surface area contributed by atoms with Gasteiger partial charge in [-0.3, -0.25) is 0 Å². The highest BCUT2D eigenvalue weighted by Gasteiger charge is 2.57. The lowest BCUT2D eigenvalue weighted by molar-refractivity contribution is -0.0516. The lowest BCUT2D eigenvalue weighted by Gasteiger charge is -2.56. The van der Waals surface area contributed by atoms with Gasteiger partial charge < -0.3 is 10.2 Å². The van der Waals surface area contributed by atoms with Crippen LogP contribution in [0.4, 0.5) is 0 Å². The molecule has 4 aliphatic carbocycles. The summed E-state index contributed by atoms with van der Waals surface area (Å²) in [6.45, 7) is 12.2. The molecular weight excluding hydrogens is 356 g/mol. The fraction of sp³-hybridized carbons (Fsp3) is 0.926. The smallest absolute Gasteiger partial charge is 0.0614 e. The first kappa shape index (κ1) is 21.9. The fourth-order valence-corrected chi connectivity index (χ4v) is 8.51. The maximum atomic E-state index is 11.1. The first-order valence-electron chi connectivity index (χ1n) is 12.8. The topological polar surface area (TPSA) is 40.5 Å². The minimum Gasteiger partial charge on any atom is -0.393 e. The molecule has 2 saturated carbocycles. The van der Waals surface area contributed by atoms with E-state index in [1.807, 2.05) is 0 Å². The summed E-state index contributed by atoms with van der Waals surface area (Å²) >= 11 is 0. The van der Waals surface area contributed by atoms with Gasteiger partial charge in [-0.2, -0.15) is 0 Å². The Kier molecular flexibility index (Phi) is 6.01. The first-order chi connectivity index (χ1) is 13.7. The summed E-state index contributed by atoms with van der Waals surface area (Å²) in [5, 5.41) is 21.4. The van der Waals surface area contributed by atoms with E-state index >= 15 is 0 Å². The summed E-state index contributed by atoms with van der Waals surface area (Å²) in [7, 11) is 0. The molecule has 0 unspecified atom stereocenters. The minimum atomic E-state index is -0.251. The van der Waals surface area contributed by atoms with E-state index in [2.05, 4.69) is 34.6 Å². The molecule has 0 aliphatic heterocycles. The van der Waals surface area contributed by atoms with Gasteiger partial charge in [-0.1, -0.05) is 65.0 Å². The van der Waals surface area contributed by atoms with E-state index in [1.165, 1.54) is 44.9 Å². The summed E-state index contributed by atoms with van der Waals surface area (Å²) < 4.78 is 0. The molecule has 0 aromatic carbocycles. The van der Waals surface area contributed by atoms with Crippen LogP contribution in [0.3, 0.4) is 0 Å². The van der Waals surface area contributed by atoms with E-state index in [1.54, 1.807) is 11.1 Å². The molecule has 0 heterocycles. The lowest BCUT2D eigenvalue weighted by atomic mass is 9.50. The van der Waals surface area contributed by atoms with Gasteiger partial charge in [0.1, 0.15) is 0 Å². The van der Waals surface area contributed by atoms with Crippen molar-refractivity contribution in [3.8, 4) is 0 Å². The maximum absolute atomic E-state index is 11.1. The van der Waals surface area contributed by atoms with Crippen molar-refractivity contribution >= 4 is 0 Å². The Bertz CT molecular complexity index is 636. The van der Waals surface area contributed by atoms with E-state index in [4.69, 9.17) is 0 Å². The van der Waals surface area contributed by atoms with Gasteiger partial charge >= 0.3 is 0 Å². The van der Waals surface area contributed by atoms with E-state index in [9.17, 15) is 10.2 Å². The third kappa shape index (κ3) is 3.65. The van der Waals surface area contributed by atoms with Crippen LogP contribution in [-0.2, 0) is 0 Å². The van der Waals surface area contributed by atoms with E-state index < -0.39 is 0 Å². The van der Waals surface area contributed by atoms with Gasteiger partial charge in [0, 0.05) is 0 Å². The van der Waals surface area contributed by atoms with E-state index in [0.717, 1.165) is 43.4 Å². The molecule has 0 amide bonds. The third-order valence-electron chi connectivity index (χ3n) is 10.2. The van der Waals surface area contributed by atoms with Crippen molar-refractivity contribution in [1.82, 2.24) is 0 Å². The number of rotatable bonds is 5. The lowest BCUT2D eigenvalue weighted by Crippen LogP contribution is -2.50. The molecule has 0 aromatic rings. The average molecular weight is 403 g/mol. The largest absolute Gasteiger partial charge is 0.393 e. The number of hydrogen-bond acceptors (Lipinski definition) is 2. The molecule has 29 heavy (non-hydrogen) atoms. The molecular formula is C27H46O2. The summed E-state index contributed by atoms with van der Waals surface area (Å²) in [4.78, 5) is 0. The molecule has 8 atom stereocenters. The van der Waals surface area contributed by atoms with Crippen LogP contribution in [0.2, 0.25) is 0 Å². The van der Waals surface area contributed by atoms with Crippen molar-refractivity contribution in [3.05, 3.63) is 11.1 Å². The van der Waals surface area contributed by atoms with Crippen LogP contribution >= 0.6 is 0 Å². The molecule has 166 valence electrons. The second-order valence-electron chi connectivity index (χ2n) is 12.3. The molecule has 0 aromatic heterocycles. The van der Waals surface area contributed by atoms with Gasteiger partial charge in [0.15, 0.2) is 0 Å². The molecule has 0 radical (unpaired) electrons. The van der Waals surface area contributed by atoms with Gasteiger partial charge in [-0.25, -0.2) is 0 Å². The summed E-state index contributed by atoms with van der Waals surface area (Å²) in [5.41, 5.74) is 3.95. The second kappa shape index (κ2) is 7.97. The van der Waals surface area contributed by atoms with Crippen LogP contribution in [0, 0.1) is 40.4 Å². The van der Waals surface area contributed by atoms with Crippen LogP contribution in [0.15, 0.2) is 11.1 Å². The van der Waals surface area contributed by atoms with Crippen LogP contribution in [-0.4, -0.2) is 22.4 Å². The Balaban J connectivity index is 1.56. The molecule has 4 aliphatic rings. The highest BCUT2D eigenvalue weighted by molar-refractivity contribution is 5.35. The third-order valence-corrected chi connectivity index (χ3v) is 10.2. The van der Waals surface area contributed by atoms with Crippen molar-refractivity contribution < 1.29 is 10.2 Å². The summed E-state index contributed by atoms with van der Waals surface area (Å²) in [5.74, 6) is 3.46. The predicted molar refractivity (Wildman–Crippen MR) is 121 cm³/mol. The highest BCUT2D eigenvalue weighted by atomic mass is 16.3. The van der Waals surface area contributed by atoms with E-state index in [-0.39, 0.29) is 23.5 Å². The molecule has 4 rings (SSSR count). The van der Waals surface area contributed by atoms with Crippen LogP contribution in [0.5, 0.6) is 0 Å². The average Bonchev–Trinajstić information content (AvgIpc) is 3.00. The summed E-state index contributed by atoms with van der Waals surface area (Å²) in [6.07, 6.45) is 12.6. The molecule has 2 heteroatoms. The number of hydrogen-bond donors (Lipinski definition) is 2. The quantitative estimate of drug-likeness (QED) is 0.515. The molecule has 2 nitrogen and oxygen atoms in total. The molecule has 2 N–H and O–H groups in total. The standard InChI is InChI=1S/C27H46O2/c1-17(2)7-6-8-18(3)21-9-10-22-20-16-25(29)24-15-19(28)11-13-27(24,5)23(20)12-14-26(21,22)4/h17-19,21-22,24-25,28-29H,6-16H2,1-5H3/t18-,19+,21-,22+,24-,25+,26-,27-/m1/s1. The van der Waals surface area contributed by atoms with Gasteiger partial charge in [0.25, 0.3) is 0 Å². The fourth-order valence-electron chi connectivity index (χ4n) is 8.51. The predicted octanol–water partition coefficient (Wildman–Crippen LogP) is 6.50. The van der Waals surface area contributed by atoms with Gasteiger partial charge in [-0.15, -0.1) is 0 Å². The Morgan fingerprint density at radius 2 is 1.76 bits per heavy atom. The first-order valence-corrected chi connectivity index (χ1v) is 12.8. The van der Waals surface area contributed by atoms with Crippen molar-refractivity contribution in [2.24, 2.45) is 40.4 Å². The number of aliphatic hydroxyl groups excluding tert-OH is 2. The zero-order valence-electron chi connectivity index (χ0n) is 19.7. The molecule has 0 saturated heterocycles. The van der Waals surface area contributed by atoms with Crippen LogP contribution < -0.4 is 0 Å². The number of aliphatic hydroxyl groups is 2. The second-order valence-corrected chi connectivity index (χ2v) is 12.3. The number of allylic oxidation sites excluding steroid dienone is 1.